The van der Waals surface area contributed by atoms with Crippen LogP contribution in [0, 0.1) is 6.92 Å². The van der Waals surface area contributed by atoms with Gasteiger partial charge in [0.25, 0.3) is 5.91 Å². The van der Waals surface area contributed by atoms with Gasteiger partial charge in [0.05, 0.1) is 4.90 Å². The Bertz CT molecular complexity index is 800. The van der Waals surface area contributed by atoms with Crippen LogP contribution >= 0.6 is 0 Å². The van der Waals surface area contributed by atoms with Gasteiger partial charge >= 0.3 is 0 Å². The Labute approximate surface area is 148 Å². The molecule has 0 saturated heterocycles. The molecule has 1 amide bonds. The number of sulfonamides is 1. The predicted molar refractivity (Wildman–Crippen MR) is 95.8 cm³/mol. The maximum absolute atomic E-state index is 11.7. The summed E-state index contributed by atoms with van der Waals surface area (Å²) in [5.41, 5.74) is 2.12. The number of carbonyl (C=O) groups is 1. The van der Waals surface area contributed by atoms with E-state index in [1.807, 2.05) is 31.2 Å². The van der Waals surface area contributed by atoms with Crippen LogP contribution in [0.5, 0.6) is 5.75 Å². The van der Waals surface area contributed by atoms with Crippen molar-refractivity contribution in [2.75, 3.05) is 13.2 Å². The van der Waals surface area contributed by atoms with Gasteiger partial charge < -0.3 is 10.1 Å². The van der Waals surface area contributed by atoms with Gasteiger partial charge in [0.15, 0.2) is 6.61 Å². The normalized spacial score (nSPS) is 11.1. The van der Waals surface area contributed by atoms with Crippen LogP contribution in [0.25, 0.3) is 0 Å². The molecule has 0 heterocycles. The van der Waals surface area contributed by atoms with Gasteiger partial charge in [0.1, 0.15) is 5.75 Å². The van der Waals surface area contributed by atoms with E-state index in [2.05, 4.69) is 5.32 Å². The Balaban J connectivity index is 1.66. The number of nitrogens with two attached hydrogens (primary N) is 1. The van der Waals surface area contributed by atoms with E-state index in [4.69, 9.17) is 9.88 Å². The number of primary sulfonamides is 1. The van der Waals surface area contributed by atoms with Crippen molar-refractivity contribution in [2.45, 2.75) is 24.7 Å². The molecule has 134 valence electrons. The third-order valence-corrected chi connectivity index (χ3v) is 4.54. The van der Waals surface area contributed by atoms with Gasteiger partial charge in [-0.2, -0.15) is 0 Å². The highest BCUT2D eigenvalue weighted by Gasteiger charge is 2.07. The van der Waals surface area contributed by atoms with Crippen LogP contribution in [-0.2, 0) is 21.2 Å². The van der Waals surface area contributed by atoms with Crippen molar-refractivity contribution in [1.82, 2.24) is 5.32 Å². The number of rotatable bonds is 8. The molecule has 0 unspecified atom stereocenters. The molecule has 7 heteroatoms. The van der Waals surface area contributed by atoms with Crippen LogP contribution in [0.3, 0.4) is 0 Å². The van der Waals surface area contributed by atoms with E-state index in [0.29, 0.717) is 12.3 Å². The number of aryl methyl sites for hydroxylation is 2. The number of hydrogen-bond acceptors (Lipinski definition) is 4. The first-order valence-electron chi connectivity index (χ1n) is 7.92. The lowest BCUT2D eigenvalue weighted by Gasteiger charge is -2.08. The van der Waals surface area contributed by atoms with Gasteiger partial charge in [-0.1, -0.05) is 29.8 Å². The molecule has 0 atom stereocenters. The second-order valence-electron chi connectivity index (χ2n) is 5.74. The third-order valence-electron chi connectivity index (χ3n) is 3.61. The molecule has 0 bridgehead atoms. The minimum atomic E-state index is -3.66. The monoisotopic (exact) mass is 362 g/mol. The van der Waals surface area contributed by atoms with Gasteiger partial charge in [-0.3, -0.25) is 4.79 Å². The lowest BCUT2D eigenvalue weighted by Crippen LogP contribution is -2.29. The summed E-state index contributed by atoms with van der Waals surface area (Å²) in [7, 11) is -3.66. The van der Waals surface area contributed by atoms with Crippen molar-refractivity contribution in [3.05, 3.63) is 59.7 Å². The largest absolute Gasteiger partial charge is 0.484 e. The summed E-state index contributed by atoms with van der Waals surface area (Å²) in [4.78, 5) is 11.8. The highest BCUT2D eigenvalue weighted by molar-refractivity contribution is 7.89. The first-order chi connectivity index (χ1) is 11.8. The van der Waals surface area contributed by atoms with Gasteiger partial charge in [-0.25, -0.2) is 13.6 Å². The predicted octanol–water partition coefficient (Wildman–Crippen LogP) is 1.77. The standard InChI is InChI=1S/C18H22N2O4S/c1-14-4-8-16(9-5-14)24-13-18(21)20-12-2-3-15-6-10-17(11-7-15)25(19,22)23/h4-11H,2-3,12-13H2,1H3,(H,20,21)(H2,19,22,23). The second kappa shape index (κ2) is 8.64. The minimum Gasteiger partial charge on any atom is -0.484 e. The average Bonchev–Trinajstić information content (AvgIpc) is 2.58. The summed E-state index contributed by atoms with van der Waals surface area (Å²) >= 11 is 0. The van der Waals surface area contributed by atoms with Gasteiger partial charge in [-0.15, -0.1) is 0 Å². The molecule has 0 aliphatic rings. The van der Waals surface area contributed by atoms with E-state index in [1.165, 1.54) is 12.1 Å². The molecule has 0 aliphatic carbocycles. The molecule has 2 rings (SSSR count). The Morgan fingerprint density at radius 2 is 1.72 bits per heavy atom. The highest BCUT2D eigenvalue weighted by Crippen LogP contribution is 2.11. The average molecular weight is 362 g/mol. The fourth-order valence-corrected chi connectivity index (χ4v) is 2.72. The van der Waals surface area contributed by atoms with Crippen LogP contribution in [-0.4, -0.2) is 27.5 Å². The first-order valence-corrected chi connectivity index (χ1v) is 9.47. The van der Waals surface area contributed by atoms with Crippen LogP contribution in [0.15, 0.2) is 53.4 Å². The summed E-state index contributed by atoms with van der Waals surface area (Å²) in [5, 5.41) is 7.84. The minimum absolute atomic E-state index is 0.0217. The molecule has 3 N–H and O–H groups in total. The lowest BCUT2D eigenvalue weighted by molar-refractivity contribution is -0.123. The van der Waals surface area contributed by atoms with Crippen LogP contribution in [0.1, 0.15) is 17.5 Å². The zero-order valence-corrected chi connectivity index (χ0v) is 14.9. The number of carbonyl (C=O) groups excluding carboxylic acids is 1. The summed E-state index contributed by atoms with van der Waals surface area (Å²) in [6, 6.07) is 13.9. The molecule has 0 radical (unpaired) electrons. The maximum atomic E-state index is 11.7. The quantitative estimate of drug-likeness (QED) is 0.699. The van der Waals surface area contributed by atoms with Crippen molar-refractivity contribution < 1.29 is 17.9 Å². The molecule has 0 spiro atoms. The second-order valence-corrected chi connectivity index (χ2v) is 7.31. The zero-order valence-electron chi connectivity index (χ0n) is 14.1. The van der Waals surface area contributed by atoms with Gasteiger partial charge in [0, 0.05) is 6.54 Å². The Morgan fingerprint density at radius 3 is 2.32 bits per heavy atom. The number of benzene rings is 2. The fourth-order valence-electron chi connectivity index (χ4n) is 2.20. The number of ether oxygens (including phenoxy) is 1. The third kappa shape index (κ3) is 6.56. The molecule has 0 aliphatic heterocycles. The highest BCUT2D eigenvalue weighted by atomic mass is 32.2. The van der Waals surface area contributed by atoms with Gasteiger partial charge in [0.2, 0.25) is 10.0 Å². The number of hydrogen-bond donors (Lipinski definition) is 2. The first kappa shape index (κ1) is 19.0. The van der Waals surface area contributed by atoms with E-state index in [-0.39, 0.29) is 17.4 Å². The zero-order chi connectivity index (χ0) is 18.3. The van der Waals surface area contributed by atoms with E-state index in [9.17, 15) is 13.2 Å². The Hall–Kier alpha value is -2.38. The summed E-state index contributed by atoms with van der Waals surface area (Å²) < 4.78 is 27.8. The Morgan fingerprint density at radius 1 is 1.08 bits per heavy atom. The molecule has 0 fully saturated rings. The van der Waals surface area contributed by atoms with E-state index in [1.54, 1.807) is 12.1 Å². The molecule has 2 aromatic carbocycles. The van der Waals surface area contributed by atoms with E-state index in [0.717, 1.165) is 24.0 Å². The number of amides is 1. The molecular formula is C18H22N2O4S. The van der Waals surface area contributed by atoms with Crippen LogP contribution < -0.4 is 15.2 Å². The van der Waals surface area contributed by atoms with Crippen molar-refractivity contribution >= 4 is 15.9 Å². The maximum Gasteiger partial charge on any atom is 0.257 e. The SMILES string of the molecule is Cc1ccc(OCC(=O)NCCCc2ccc(S(N)(=O)=O)cc2)cc1. The Kier molecular flexibility index (Phi) is 6.55. The van der Waals surface area contributed by atoms with Crippen molar-refractivity contribution in [3.8, 4) is 5.75 Å². The molecule has 6 nitrogen and oxygen atoms in total. The van der Waals surface area contributed by atoms with E-state index < -0.39 is 10.0 Å². The van der Waals surface area contributed by atoms with Crippen molar-refractivity contribution in [2.24, 2.45) is 5.14 Å². The van der Waals surface area contributed by atoms with Crippen molar-refractivity contribution in [1.29, 1.82) is 0 Å². The molecule has 0 saturated carbocycles. The molecule has 2 aromatic rings. The molecule has 25 heavy (non-hydrogen) atoms. The number of nitrogens with one attached hydrogen (secondary N) is 1. The topological polar surface area (TPSA) is 98.5 Å². The van der Waals surface area contributed by atoms with E-state index >= 15 is 0 Å². The molecule has 0 aromatic heterocycles. The summed E-state index contributed by atoms with van der Waals surface area (Å²) in [6.07, 6.45) is 1.47. The van der Waals surface area contributed by atoms with Crippen molar-refractivity contribution in [3.63, 3.8) is 0 Å². The summed E-state index contributed by atoms with van der Waals surface area (Å²) in [5.74, 6) is 0.487. The van der Waals surface area contributed by atoms with Crippen LogP contribution in [0.4, 0.5) is 0 Å². The fraction of sp³-hybridized carbons (Fsp3) is 0.278. The lowest BCUT2D eigenvalue weighted by atomic mass is 10.1. The van der Waals surface area contributed by atoms with Crippen LogP contribution in [0.2, 0.25) is 0 Å². The summed E-state index contributed by atoms with van der Waals surface area (Å²) in [6.45, 7) is 2.48. The van der Waals surface area contributed by atoms with Gasteiger partial charge in [-0.05, 0) is 49.6 Å². The smallest absolute Gasteiger partial charge is 0.257 e. The molecular weight excluding hydrogens is 340 g/mol.